The second kappa shape index (κ2) is 8.81. The number of carbonyl (C=O) groups is 1. The maximum atomic E-state index is 12.8. The molecule has 0 fully saturated rings. The highest BCUT2D eigenvalue weighted by Gasteiger charge is 2.23. The van der Waals surface area contributed by atoms with Crippen LogP contribution in [0, 0.1) is 10.1 Å². The van der Waals surface area contributed by atoms with Gasteiger partial charge in [-0.2, -0.15) is 0 Å². The second-order valence-corrected chi connectivity index (χ2v) is 6.27. The van der Waals surface area contributed by atoms with Crippen molar-refractivity contribution in [3.8, 4) is 5.75 Å². The van der Waals surface area contributed by atoms with Crippen LogP contribution in [-0.2, 0) is 4.79 Å². The first-order valence-corrected chi connectivity index (χ1v) is 8.79. The van der Waals surface area contributed by atoms with Crippen molar-refractivity contribution in [2.75, 3.05) is 13.7 Å². The monoisotopic (exact) mass is 376 g/mol. The Bertz CT molecular complexity index is 888. The summed E-state index contributed by atoms with van der Waals surface area (Å²) in [6, 6.07) is 25.0. The molecule has 28 heavy (non-hydrogen) atoms. The van der Waals surface area contributed by atoms with Gasteiger partial charge in [0.1, 0.15) is 5.75 Å². The number of rotatable bonds is 7. The third-order valence-electron chi connectivity index (χ3n) is 4.42. The quantitative estimate of drug-likeness (QED) is 0.457. The number of ether oxygens (including phenoxy) is 1. The van der Waals surface area contributed by atoms with E-state index in [0.717, 1.165) is 11.1 Å². The molecule has 0 radical (unpaired) electrons. The van der Waals surface area contributed by atoms with Crippen LogP contribution in [-0.4, -0.2) is 29.4 Å². The molecule has 0 saturated carbocycles. The molecule has 0 aliphatic rings. The topological polar surface area (TPSA) is 72.7 Å². The molecule has 0 spiro atoms. The third kappa shape index (κ3) is 4.54. The number of non-ortho nitro benzene ring substituents is 1. The summed E-state index contributed by atoms with van der Waals surface area (Å²) < 4.78 is 5.53. The minimum Gasteiger partial charge on any atom is -0.484 e. The predicted molar refractivity (Wildman–Crippen MR) is 106 cm³/mol. The van der Waals surface area contributed by atoms with E-state index in [2.05, 4.69) is 0 Å². The van der Waals surface area contributed by atoms with Gasteiger partial charge in [0.25, 0.3) is 11.6 Å². The van der Waals surface area contributed by atoms with Crippen molar-refractivity contribution in [3.05, 3.63) is 106 Å². The van der Waals surface area contributed by atoms with Crippen LogP contribution in [0.25, 0.3) is 0 Å². The van der Waals surface area contributed by atoms with Crippen LogP contribution >= 0.6 is 0 Å². The van der Waals surface area contributed by atoms with Crippen molar-refractivity contribution < 1.29 is 14.5 Å². The fraction of sp³-hybridized carbons (Fsp3) is 0.136. The van der Waals surface area contributed by atoms with E-state index in [1.54, 1.807) is 11.9 Å². The van der Waals surface area contributed by atoms with Crippen molar-refractivity contribution in [2.24, 2.45) is 0 Å². The third-order valence-corrected chi connectivity index (χ3v) is 4.42. The number of nitro benzene ring substituents is 1. The molecule has 0 unspecified atom stereocenters. The molecule has 1 amide bonds. The van der Waals surface area contributed by atoms with E-state index < -0.39 is 4.92 Å². The number of carbonyl (C=O) groups excluding carboxylic acids is 1. The van der Waals surface area contributed by atoms with Crippen molar-refractivity contribution in [2.45, 2.75) is 6.04 Å². The Labute approximate surface area is 163 Å². The van der Waals surface area contributed by atoms with Crippen molar-refractivity contribution >= 4 is 11.6 Å². The highest BCUT2D eigenvalue weighted by molar-refractivity contribution is 5.78. The lowest BCUT2D eigenvalue weighted by Crippen LogP contribution is -2.35. The normalized spacial score (nSPS) is 10.5. The van der Waals surface area contributed by atoms with E-state index >= 15 is 0 Å². The number of hydrogen-bond acceptors (Lipinski definition) is 4. The van der Waals surface area contributed by atoms with Crippen molar-refractivity contribution in [1.29, 1.82) is 0 Å². The van der Waals surface area contributed by atoms with E-state index in [1.807, 2.05) is 60.7 Å². The number of nitro groups is 1. The van der Waals surface area contributed by atoms with Gasteiger partial charge in [-0.1, -0.05) is 60.7 Å². The summed E-state index contributed by atoms with van der Waals surface area (Å²) in [7, 11) is 1.74. The standard InChI is InChI=1S/C22H20N2O4/c1-23(21(25)16-28-20-14-12-19(13-15-20)24(26)27)22(17-8-4-2-5-9-17)18-10-6-3-7-11-18/h2-15,22H,16H2,1H3. The largest absolute Gasteiger partial charge is 0.484 e. The van der Waals surface area contributed by atoms with Crippen LogP contribution in [0.1, 0.15) is 17.2 Å². The molecule has 0 aliphatic heterocycles. The zero-order valence-corrected chi connectivity index (χ0v) is 15.4. The fourth-order valence-corrected chi connectivity index (χ4v) is 2.97. The molecule has 3 rings (SSSR count). The summed E-state index contributed by atoms with van der Waals surface area (Å²) >= 11 is 0. The average molecular weight is 376 g/mol. The molecule has 0 saturated heterocycles. The molecule has 3 aromatic rings. The first-order valence-electron chi connectivity index (χ1n) is 8.79. The maximum Gasteiger partial charge on any atom is 0.269 e. The minimum atomic E-state index is -0.479. The predicted octanol–water partition coefficient (Wildman–Crippen LogP) is 4.22. The van der Waals surface area contributed by atoms with E-state index in [0.29, 0.717) is 5.75 Å². The van der Waals surface area contributed by atoms with Crippen LogP contribution in [0.15, 0.2) is 84.9 Å². The van der Waals surface area contributed by atoms with Gasteiger partial charge >= 0.3 is 0 Å². The lowest BCUT2D eigenvalue weighted by atomic mass is 9.97. The number of likely N-dealkylation sites (N-methyl/N-ethyl adjacent to an activating group) is 1. The van der Waals surface area contributed by atoms with E-state index in [9.17, 15) is 14.9 Å². The van der Waals surface area contributed by atoms with Gasteiger partial charge in [-0.05, 0) is 23.3 Å². The molecular formula is C22H20N2O4. The number of nitrogens with zero attached hydrogens (tertiary/aromatic N) is 2. The lowest BCUT2D eigenvalue weighted by Gasteiger charge is -2.29. The van der Waals surface area contributed by atoms with Crippen LogP contribution in [0.2, 0.25) is 0 Å². The summed E-state index contributed by atoms with van der Waals surface area (Å²) in [5.74, 6) is 0.208. The minimum absolute atomic E-state index is 0.0241. The molecule has 142 valence electrons. The first kappa shape index (κ1) is 19.1. The van der Waals surface area contributed by atoms with Gasteiger partial charge in [0.2, 0.25) is 0 Å². The molecule has 6 heteroatoms. The summed E-state index contributed by atoms with van der Waals surface area (Å²) in [4.78, 5) is 24.7. The van der Waals surface area contributed by atoms with E-state index in [4.69, 9.17) is 4.74 Å². The Morgan fingerprint density at radius 2 is 1.43 bits per heavy atom. The maximum absolute atomic E-state index is 12.8. The van der Waals surface area contributed by atoms with Crippen LogP contribution in [0.5, 0.6) is 5.75 Å². The molecule has 0 heterocycles. The summed E-state index contributed by atoms with van der Waals surface area (Å²) in [6.45, 7) is -0.162. The number of hydrogen-bond donors (Lipinski definition) is 0. The van der Waals surface area contributed by atoms with Gasteiger partial charge < -0.3 is 9.64 Å². The van der Waals surface area contributed by atoms with E-state index in [1.165, 1.54) is 24.3 Å². The first-order chi connectivity index (χ1) is 13.6. The van der Waals surface area contributed by atoms with Crippen molar-refractivity contribution in [3.63, 3.8) is 0 Å². The average Bonchev–Trinajstić information content (AvgIpc) is 2.74. The molecule has 6 nitrogen and oxygen atoms in total. The van der Waals surface area contributed by atoms with Gasteiger partial charge in [-0.3, -0.25) is 14.9 Å². The van der Waals surface area contributed by atoms with Crippen LogP contribution in [0.4, 0.5) is 5.69 Å². The van der Waals surface area contributed by atoms with Gasteiger partial charge in [0.05, 0.1) is 11.0 Å². The Balaban J connectivity index is 1.74. The SMILES string of the molecule is CN(C(=O)COc1ccc([N+](=O)[O-])cc1)C(c1ccccc1)c1ccccc1. The Morgan fingerprint density at radius 1 is 0.929 bits per heavy atom. The number of benzene rings is 3. The van der Waals surface area contributed by atoms with Gasteiger partial charge in [0.15, 0.2) is 6.61 Å². The molecular weight excluding hydrogens is 356 g/mol. The fourth-order valence-electron chi connectivity index (χ4n) is 2.97. The van der Waals surface area contributed by atoms with Gasteiger partial charge in [-0.25, -0.2) is 0 Å². The molecule has 0 aliphatic carbocycles. The molecule has 3 aromatic carbocycles. The highest BCUT2D eigenvalue weighted by atomic mass is 16.6. The second-order valence-electron chi connectivity index (χ2n) is 6.27. The van der Waals surface area contributed by atoms with Crippen LogP contribution < -0.4 is 4.74 Å². The molecule has 0 atom stereocenters. The van der Waals surface area contributed by atoms with Crippen molar-refractivity contribution in [1.82, 2.24) is 4.90 Å². The van der Waals surface area contributed by atoms with Gasteiger partial charge in [0, 0.05) is 19.2 Å². The highest BCUT2D eigenvalue weighted by Crippen LogP contribution is 2.27. The summed E-state index contributed by atoms with van der Waals surface area (Å²) in [5, 5.41) is 10.7. The van der Waals surface area contributed by atoms with Gasteiger partial charge in [-0.15, -0.1) is 0 Å². The van der Waals surface area contributed by atoms with E-state index in [-0.39, 0.29) is 24.2 Å². The lowest BCUT2D eigenvalue weighted by molar-refractivity contribution is -0.384. The molecule has 0 bridgehead atoms. The Morgan fingerprint density at radius 3 is 1.89 bits per heavy atom. The molecule has 0 N–H and O–H groups in total. The zero-order valence-electron chi connectivity index (χ0n) is 15.4. The zero-order chi connectivity index (χ0) is 19.9. The number of amides is 1. The smallest absolute Gasteiger partial charge is 0.269 e. The summed E-state index contributed by atoms with van der Waals surface area (Å²) in [6.07, 6.45) is 0. The summed E-state index contributed by atoms with van der Waals surface area (Å²) in [5.41, 5.74) is 1.98. The molecule has 0 aromatic heterocycles. The Kier molecular flexibility index (Phi) is 6.01. The Hall–Kier alpha value is -3.67. The van der Waals surface area contributed by atoms with Crippen LogP contribution in [0.3, 0.4) is 0 Å².